The molecule has 0 aliphatic rings. The number of hydrogen-bond acceptors (Lipinski definition) is 3. The zero-order chi connectivity index (χ0) is 13.8. The van der Waals surface area contributed by atoms with Gasteiger partial charge in [0.25, 0.3) is 0 Å². The molecule has 2 rings (SSSR count). The highest BCUT2D eigenvalue weighted by Gasteiger charge is 2.15. The molecule has 1 heterocycles. The molecule has 5 heteroatoms. The van der Waals surface area contributed by atoms with Crippen molar-refractivity contribution < 1.29 is 4.39 Å². The lowest BCUT2D eigenvalue weighted by Gasteiger charge is -2.19. The van der Waals surface area contributed by atoms with Crippen LogP contribution in [-0.4, -0.2) is 4.98 Å². The van der Waals surface area contributed by atoms with E-state index in [4.69, 9.17) is 17.4 Å². The highest BCUT2D eigenvalue weighted by molar-refractivity contribution is 6.31. The number of pyridine rings is 1. The van der Waals surface area contributed by atoms with Crippen LogP contribution in [0.5, 0.6) is 0 Å². The molecule has 19 heavy (non-hydrogen) atoms. The van der Waals surface area contributed by atoms with Crippen molar-refractivity contribution in [2.24, 2.45) is 5.84 Å². The maximum Gasteiger partial charge on any atom is 0.123 e. The predicted molar refractivity (Wildman–Crippen MR) is 74.2 cm³/mol. The first-order valence-corrected chi connectivity index (χ1v) is 6.30. The lowest BCUT2D eigenvalue weighted by atomic mass is 9.96. The normalized spacial score (nSPS) is 12.4. The highest BCUT2D eigenvalue weighted by Crippen LogP contribution is 2.24. The summed E-state index contributed by atoms with van der Waals surface area (Å²) >= 11 is 6.09. The summed E-state index contributed by atoms with van der Waals surface area (Å²) in [6, 6.07) is 6.39. The molecule has 1 unspecified atom stereocenters. The second kappa shape index (κ2) is 6.10. The molecule has 0 radical (unpaired) electrons. The van der Waals surface area contributed by atoms with Gasteiger partial charge >= 0.3 is 0 Å². The van der Waals surface area contributed by atoms with Crippen molar-refractivity contribution in [1.29, 1.82) is 0 Å². The zero-order valence-electron chi connectivity index (χ0n) is 10.5. The fourth-order valence-corrected chi connectivity index (χ4v) is 2.27. The molecule has 1 aromatic heterocycles. The molecule has 0 aliphatic heterocycles. The molecule has 1 aromatic carbocycles. The number of nitrogens with zero attached hydrogens (tertiary/aromatic N) is 1. The van der Waals surface area contributed by atoms with Gasteiger partial charge in [-0.25, -0.2) is 4.39 Å². The summed E-state index contributed by atoms with van der Waals surface area (Å²) < 4.78 is 13.1. The van der Waals surface area contributed by atoms with E-state index in [1.54, 1.807) is 18.5 Å². The van der Waals surface area contributed by atoms with E-state index in [0.717, 1.165) is 16.7 Å². The monoisotopic (exact) mass is 279 g/mol. The fourth-order valence-electron chi connectivity index (χ4n) is 2.08. The van der Waals surface area contributed by atoms with Crippen LogP contribution in [0, 0.1) is 12.7 Å². The molecule has 3 nitrogen and oxygen atoms in total. The quantitative estimate of drug-likeness (QED) is 0.668. The summed E-state index contributed by atoms with van der Waals surface area (Å²) in [5, 5.41) is 0.600. The van der Waals surface area contributed by atoms with Gasteiger partial charge in [0, 0.05) is 12.4 Å². The molecular weight excluding hydrogens is 265 g/mol. The van der Waals surface area contributed by atoms with Crippen LogP contribution in [0.15, 0.2) is 36.7 Å². The molecule has 0 fully saturated rings. The van der Waals surface area contributed by atoms with E-state index in [9.17, 15) is 4.39 Å². The topological polar surface area (TPSA) is 50.9 Å². The van der Waals surface area contributed by atoms with Gasteiger partial charge in [0.2, 0.25) is 0 Å². The van der Waals surface area contributed by atoms with Crippen molar-refractivity contribution in [3.63, 3.8) is 0 Å². The number of halogens is 2. The number of aryl methyl sites for hydroxylation is 1. The van der Waals surface area contributed by atoms with Gasteiger partial charge in [-0.3, -0.25) is 16.3 Å². The summed E-state index contributed by atoms with van der Waals surface area (Å²) in [5.74, 6) is 5.36. The lowest BCUT2D eigenvalue weighted by Crippen LogP contribution is -2.30. The van der Waals surface area contributed by atoms with Crippen LogP contribution in [0.3, 0.4) is 0 Å². The molecule has 1 atom stereocenters. The van der Waals surface area contributed by atoms with Gasteiger partial charge < -0.3 is 0 Å². The molecule has 0 saturated carbocycles. The third-order valence-electron chi connectivity index (χ3n) is 3.09. The Kier molecular flexibility index (Phi) is 4.47. The van der Waals surface area contributed by atoms with Crippen LogP contribution in [0.1, 0.15) is 22.7 Å². The highest BCUT2D eigenvalue weighted by atomic mass is 35.5. The second-order valence-corrected chi connectivity index (χ2v) is 4.80. The Morgan fingerprint density at radius 3 is 2.84 bits per heavy atom. The van der Waals surface area contributed by atoms with Crippen LogP contribution in [0.2, 0.25) is 5.02 Å². The van der Waals surface area contributed by atoms with Crippen LogP contribution >= 0.6 is 11.6 Å². The standard InChI is InChI=1S/C14H15ClFN3/c1-9-6-11(16)2-3-12(9)14(19-17)7-10-4-5-18-8-13(10)15/h2-6,8,14,19H,7,17H2,1H3. The predicted octanol–water partition coefficient (Wildman–Crippen LogP) is 2.93. The van der Waals surface area contributed by atoms with E-state index < -0.39 is 0 Å². The summed E-state index contributed by atoms with van der Waals surface area (Å²) in [6.45, 7) is 1.86. The number of nitrogens with two attached hydrogens (primary N) is 1. The summed E-state index contributed by atoms with van der Waals surface area (Å²) in [6.07, 6.45) is 3.90. The van der Waals surface area contributed by atoms with Gasteiger partial charge in [-0.2, -0.15) is 0 Å². The third kappa shape index (κ3) is 3.29. The number of aromatic nitrogens is 1. The van der Waals surface area contributed by atoms with Gasteiger partial charge in [0.15, 0.2) is 0 Å². The molecule has 0 saturated heterocycles. The largest absolute Gasteiger partial charge is 0.271 e. The first-order valence-electron chi connectivity index (χ1n) is 5.92. The number of hydrogen-bond donors (Lipinski definition) is 2. The molecular formula is C14H15ClFN3. The number of nitrogens with one attached hydrogen (secondary N) is 1. The van der Waals surface area contributed by atoms with Crippen LogP contribution in [0.4, 0.5) is 4.39 Å². The van der Waals surface area contributed by atoms with Crippen LogP contribution < -0.4 is 11.3 Å². The summed E-state index contributed by atoms with van der Waals surface area (Å²) in [5.41, 5.74) is 5.51. The molecule has 3 N–H and O–H groups in total. The summed E-state index contributed by atoms with van der Waals surface area (Å²) in [4.78, 5) is 3.95. The minimum atomic E-state index is -0.251. The first kappa shape index (κ1) is 13.9. The number of benzene rings is 1. The molecule has 2 aromatic rings. The Morgan fingerprint density at radius 1 is 1.42 bits per heavy atom. The van der Waals surface area contributed by atoms with E-state index in [-0.39, 0.29) is 11.9 Å². The van der Waals surface area contributed by atoms with Crippen LogP contribution in [-0.2, 0) is 6.42 Å². The van der Waals surface area contributed by atoms with Crippen molar-refractivity contribution in [1.82, 2.24) is 10.4 Å². The average molecular weight is 280 g/mol. The second-order valence-electron chi connectivity index (χ2n) is 4.39. The van der Waals surface area contributed by atoms with E-state index in [2.05, 4.69) is 10.4 Å². The van der Waals surface area contributed by atoms with E-state index in [1.807, 2.05) is 13.0 Å². The van der Waals surface area contributed by atoms with Gasteiger partial charge in [-0.1, -0.05) is 17.7 Å². The van der Waals surface area contributed by atoms with Crippen molar-refractivity contribution in [3.05, 3.63) is 64.2 Å². The summed E-state index contributed by atoms with van der Waals surface area (Å²) in [7, 11) is 0. The smallest absolute Gasteiger partial charge is 0.123 e. The van der Waals surface area contributed by atoms with E-state index in [1.165, 1.54) is 12.1 Å². The maximum atomic E-state index is 13.1. The number of hydrazine groups is 1. The Labute approximate surface area is 116 Å². The zero-order valence-corrected chi connectivity index (χ0v) is 11.3. The average Bonchev–Trinajstić information content (AvgIpc) is 2.39. The number of rotatable bonds is 4. The molecule has 0 spiro atoms. The maximum absolute atomic E-state index is 13.1. The van der Waals surface area contributed by atoms with Crippen molar-refractivity contribution in [2.45, 2.75) is 19.4 Å². The Balaban J connectivity index is 2.28. The van der Waals surface area contributed by atoms with Crippen molar-refractivity contribution in [3.8, 4) is 0 Å². The van der Waals surface area contributed by atoms with Gasteiger partial charge in [-0.15, -0.1) is 0 Å². The molecule has 0 amide bonds. The van der Waals surface area contributed by atoms with Crippen molar-refractivity contribution >= 4 is 11.6 Å². The Bertz CT molecular complexity index is 574. The van der Waals surface area contributed by atoms with Gasteiger partial charge in [0.05, 0.1) is 11.1 Å². The molecule has 0 bridgehead atoms. The minimum Gasteiger partial charge on any atom is -0.271 e. The van der Waals surface area contributed by atoms with Crippen LogP contribution in [0.25, 0.3) is 0 Å². The van der Waals surface area contributed by atoms with E-state index in [0.29, 0.717) is 11.4 Å². The third-order valence-corrected chi connectivity index (χ3v) is 3.43. The van der Waals surface area contributed by atoms with E-state index >= 15 is 0 Å². The minimum absolute atomic E-state index is 0.125. The molecule has 0 aliphatic carbocycles. The van der Waals surface area contributed by atoms with Crippen molar-refractivity contribution in [2.75, 3.05) is 0 Å². The lowest BCUT2D eigenvalue weighted by molar-refractivity contribution is 0.546. The fraction of sp³-hybridized carbons (Fsp3) is 0.214. The SMILES string of the molecule is Cc1cc(F)ccc1C(Cc1ccncc1Cl)NN. The van der Waals surface area contributed by atoms with Gasteiger partial charge in [0.1, 0.15) is 5.82 Å². The first-order chi connectivity index (χ1) is 9.11. The Hall–Kier alpha value is -1.49. The van der Waals surface area contributed by atoms with Gasteiger partial charge in [-0.05, 0) is 48.2 Å². The molecule has 100 valence electrons. The Morgan fingerprint density at radius 2 is 2.21 bits per heavy atom.